The van der Waals surface area contributed by atoms with E-state index < -0.39 is 5.60 Å². The Kier molecular flexibility index (Phi) is 4.24. The fourth-order valence-corrected chi connectivity index (χ4v) is 3.17. The molecule has 0 aliphatic heterocycles. The Morgan fingerprint density at radius 2 is 2.11 bits per heavy atom. The molecule has 2 aromatic heterocycles. The second-order valence-corrected chi connectivity index (χ2v) is 7.67. The average molecular weight is 369 g/mol. The van der Waals surface area contributed by atoms with E-state index in [-0.39, 0.29) is 18.4 Å². The van der Waals surface area contributed by atoms with Crippen LogP contribution in [-0.4, -0.2) is 31.1 Å². The van der Waals surface area contributed by atoms with E-state index in [0.29, 0.717) is 23.7 Å². The van der Waals surface area contributed by atoms with Crippen LogP contribution < -0.4 is 11.2 Å². The minimum Gasteiger partial charge on any atom is -0.389 e. The van der Waals surface area contributed by atoms with E-state index in [9.17, 15) is 9.90 Å². The number of amides is 1. The summed E-state index contributed by atoms with van der Waals surface area (Å²) < 4.78 is 1.89. The van der Waals surface area contributed by atoms with Gasteiger partial charge in [-0.1, -0.05) is 18.2 Å². The standard InChI is InChI=1S/C19H23N5O3/c1-19(2,26)10-24-14(9-27-23-18(25)11-7-8-11)22-15-16(24)12-5-3-4-6-13(12)21-17(15)20/h3-6,11,26H,7-10H2,1-2H3,(H2,20,21)(H,23,25). The van der Waals surface area contributed by atoms with Gasteiger partial charge in [-0.2, -0.15) is 0 Å². The van der Waals surface area contributed by atoms with Gasteiger partial charge in [-0.05, 0) is 32.8 Å². The zero-order valence-electron chi connectivity index (χ0n) is 15.4. The molecule has 2 heterocycles. The molecule has 0 saturated heterocycles. The van der Waals surface area contributed by atoms with E-state index in [1.54, 1.807) is 13.8 Å². The van der Waals surface area contributed by atoms with Crippen molar-refractivity contribution in [3.05, 3.63) is 30.1 Å². The van der Waals surface area contributed by atoms with Crippen molar-refractivity contribution < 1.29 is 14.7 Å². The number of benzene rings is 1. The number of aliphatic hydroxyl groups is 1. The monoisotopic (exact) mass is 369 g/mol. The van der Waals surface area contributed by atoms with Gasteiger partial charge in [0.1, 0.15) is 17.9 Å². The van der Waals surface area contributed by atoms with Crippen LogP contribution in [0.2, 0.25) is 0 Å². The number of aromatic nitrogens is 3. The van der Waals surface area contributed by atoms with Crippen LogP contribution in [0.25, 0.3) is 21.9 Å². The summed E-state index contributed by atoms with van der Waals surface area (Å²) in [7, 11) is 0. The Morgan fingerprint density at radius 3 is 2.81 bits per heavy atom. The normalized spacial score (nSPS) is 14.8. The van der Waals surface area contributed by atoms with Gasteiger partial charge in [0, 0.05) is 11.3 Å². The molecule has 4 N–H and O–H groups in total. The first-order chi connectivity index (χ1) is 12.8. The molecular weight excluding hydrogens is 346 g/mol. The summed E-state index contributed by atoms with van der Waals surface area (Å²) >= 11 is 0. The molecule has 4 rings (SSSR count). The fraction of sp³-hybridized carbons (Fsp3) is 0.421. The van der Waals surface area contributed by atoms with Crippen LogP contribution in [0.4, 0.5) is 5.82 Å². The van der Waals surface area contributed by atoms with Crippen molar-refractivity contribution in [3.8, 4) is 0 Å². The van der Waals surface area contributed by atoms with E-state index in [4.69, 9.17) is 10.6 Å². The molecule has 0 atom stereocenters. The van der Waals surface area contributed by atoms with Crippen molar-refractivity contribution in [3.63, 3.8) is 0 Å². The molecule has 1 aliphatic carbocycles. The predicted molar refractivity (Wildman–Crippen MR) is 101 cm³/mol. The lowest BCUT2D eigenvalue weighted by atomic mass is 10.1. The van der Waals surface area contributed by atoms with Crippen LogP contribution in [0.5, 0.6) is 0 Å². The van der Waals surface area contributed by atoms with Gasteiger partial charge in [0.25, 0.3) is 0 Å². The van der Waals surface area contributed by atoms with E-state index in [1.807, 2.05) is 28.8 Å². The van der Waals surface area contributed by atoms with Crippen LogP contribution in [0.1, 0.15) is 32.5 Å². The molecule has 8 nitrogen and oxygen atoms in total. The Bertz CT molecular complexity index is 1020. The quantitative estimate of drug-likeness (QED) is 0.572. The smallest absolute Gasteiger partial charge is 0.246 e. The number of carbonyl (C=O) groups excluding carboxylic acids is 1. The molecule has 27 heavy (non-hydrogen) atoms. The number of pyridine rings is 1. The number of hydrogen-bond acceptors (Lipinski definition) is 6. The molecule has 142 valence electrons. The molecule has 1 aromatic carbocycles. The number of nitrogens with zero attached hydrogens (tertiary/aromatic N) is 3. The van der Waals surface area contributed by atoms with Gasteiger partial charge in [-0.15, -0.1) is 0 Å². The Balaban J connectivity index is 1.76. The van der Waals surface area contributed by atoms with Crippen LogP contribution in [0, 0.1) is 5.92 Å². The minimum atomic E-state index is -0.973. The van der Waals surface area contributed by atoms with Crippen molar-refractivity contribution in [2.24, 2.45) is 5.92 Å². The lowest BCUT2D eigenvalue weighted by molar-refractivity contribution is -0.136. The van der Waals surface area contributed by atoms with Gasteiger partial charge in [0.15, 0.2) is 5.82 Å². The molecule has 1 aliphatic rings. The van der Waals surface area contributed by atoms with Crippen molar-refractivity contribution in [2.45, 2.75) is 45.4 Å². The first-order valence-corrected chi connectivity index (χ1v) is 9.01. The van der Waals surface area contributed by atoms with Gasteiger partial charge in [-0.25, -0.2) is 15.4 Å². The summed E-state index contributed by atoms with van der Waals surface area (Å²) in [6, 6.07) is 7.66. The Labute approximate surface area is 156 Å². The number of nitrogens with one attached hydrogen (secondary N) is 1. The van der Waals surface area contributed by atoms with Crippen LogP contribution in [-0.2, 0) is 22.8 Å². The molecule has 8 heteroatoms. The second-order valence-electron chi connectivity index (χ2n) is 7.67. The van der Waals surface area contributed by atoms with Gasteiger partial charge in [0.05, 0.1) is 23.2 Å². The van der Waals surface area contributed by atoms with Gasteiger partial charge >= 0.3 is 0 Å². The van der Waals surface area contributed by atoms with Crippen LogP contribution in [0.3, 0.4) is 0 Å². The van der Waals surface area contributed by atoms with E-state index >= 15 is 0 Å². The summed E-state index contributed by atoms with van der Waals surface area (Å²) in [6.07, 6.45) is 1.81. The average Bonchev–Trinajstić information content (AvgIpc) is 3.39. The van der Waals surface area contributed by atoms with E-state index in [1.165, 1.54) is 0 Å². The SMILES string of the molecule is CC(C)(O)Cn1c(CONC(=O)C2CC2)nc2c(N)nc3ccccc3c21. The zero-order valence-corrected chi connectivity index (χ0v) is 15.4. The fourth-order valence-electron chi connectivity index (χ4n) is 3.17. The highest BCUT2D eigenvalue weighted by atomic mass is 16.7. The van der Waals surface area contributed by atoms with Crippen molar-refractivity contribution in [1.29, 1.82) is 0 Å². The van der Waals surface area contributed by atoms with Gasteiger partial charge < -0.3 is 15.4 Å². The third-order valence-corrected chi connectivity index (χ3v) is 4.56. The lowest BCUT2D eigenvalue weighted by Gasteiger charge is -2.20. The highest BCUT2D eigenvalue weighted by Crippen LogP contribution is 2.30. The van der Waals surface area contributed by atoms with Gasteiger partial charge in [0.2, 0.25) is 5.91 Å². The number of hydroxylamine groups is 1. The lowest BCUT2D eigenvalue weighted by Crippen LogP contribution is -2.29. The molecule has 1 fully saturated rings. The number of imidazole rings is 1. The largest absolute Gasteiger partial charge is 0.389 e. The number of carbonyl (C=O) groups is 1. The first-order valence-electron chi connectivity index (χ1n) is 9.01. The number of rotatable bonds is 6. The second kappa shape index (κ2) is 6.47. The Hall–Kier alpha value is -2.71. The number of nitrogen functional groups attached to an aromatic ring is 1. The topological polar surface area (TPSA) is 115 Å². The van der Waals surface area contributed by atoms with Crippen LogP contribution >= 0.6 is 0 Å². The maximum absolute atomic E-state index is 11.8. The highest BCUT2D eigenvalue weighted by molar-refractivity contribution is 6.06. The van der Waals surface area contributed by atoms with E-state index in [0.717, 1.165) is 29.3 Å². The molecule has 0 radical (unpaired) electrons. The summed E-state index contributed by atoms with van der Waals surface area (Å²) in [5.41, 5.74) is 9.75. The maximum atomic E-state index is 11.8. The van der Waals surface area contributed by atoms with Crippen molar-refractivity contribution in [2.75, 3.05) is 5.73 Å². The molecule has 0 bridgehead atoms. The molecule has 1 saturated carbocycles. The summed E-state index contributed by atoms with van der Waals surface area (Å²) in [5.74, 6) is 0.838. The maximum Gasteiger partial charge on any atom is 0.246 e. The summed E-state index contributed by atoms with van der Waals surface area (Å²) in [5, 5.41) is 11.3. The van der Waals surface area contributed by atoms with Crippen LogP contribution in [0.15, 0.2) is 24.3 Å². The molecule has 1 amide bonds. The molecule has 3 aromatic rings. The number of fused-ring (bicyclic) bond motifs is 3. The Morgan fingerprint density at radius 1 is 1.37 bits per heavy atom. The van der Waals surface area contributed by atoms with E-state index in [2.05, 4.69) is 15.4 Å². The zero-order chi connectivity index (χ0) is 19.2. The molecule has 0 unspecified atom stereocenters. The number of hydrogen-bond donors (Lipinski definition) is 3. The van der Waals surface area contributed by atoms with Crippen molar-refractivity contribution >= 4 is 33.7 Å². The third kappa shape index (κ3) is 3.58. The van der Waals surface area contributed by atoms with Crippen molar-refractivity contribution in [1.82, 2.24) is 20.0 Å². The van der Waals surface area contributed by atoms with Gasteiger partial charge in [-0.3, -0.25) is 9.63 Å². The molecular formula is C19H23N5O3. The number of nitrogens with two attached hydrogens (primary N) is 1. The summed E-state index contributed by atoms with van der Waals surface area (Å²) in [4.78, 5) is 26.2. The molecule has 0 spiro atoms. The number of anilines is 1. The highest BCUT2D eigenvalue weighted by Gasteiger charge is 2.30. The minimum absolute atomic E-state index is 0.0592. The first kappa shape index (κ1) is 17.7. The summed E-state index contributed by atoms with van der Waals surface area (Å²) in [6.45, 7) is 3.82. The number of para-hydroxylation sites is 1. The predicted octanol–water partition coefficient (Wildman–Crippen LogP) is 1.90. The third-order valence-electron chi connectivity index (χ3n) is 4.56.